The van der Waals surface area contributed by atoms with Gasteiger partial charge in [-0.25, -0.2) is 4.79 Å². The number of rotatable bonds is 4. The summed E-state index contributed by atoms with van der Waals surface area (Å²) in [4.78, 5) is 13.3. The highest BCUT2D eigenvalue weighted by Gasteiger charge is 2.18. The highest BCUT2D eigenvalue weighted by atomic mass is 16.6. The molecule has 1 amide bonds. The molecular weight excluding hydrogens is 304 g/mol. The molecule has 0 aliphatic rings. The van der Waals surface area contributed by atoms with E-state index in [9.17, 15) is 4.79 Å². The van der Waals surface area contributed by atoms with E-state index in [-0.39, 0.29) is 0 Å². The molecule has 2 aromatic carbocycles. The van der Waals surface area contributed by atoms with E-state index in [1.165, 1.54) is 4.90 Å². The van der Waals surface area contributed by atoms with Crippen molar-refractivity contribution in [1.29, 1.82) is 0 Å². The standard InChI is InChI=1S/C18H23N4O2/c1-21(2)18(23)24-17-13-15(22(3,4)5)11-12-16(17)20-19-14-9-7-6-8-10-14/h6-13H,1-5H3/q+1. The smallest absolute Gasteiger partial charge is 0.408 e. The molecule has 0 aromatic heterocycles. The van der Waals surface area contributed by atoms with Crippen molar-refractivity contribution in [2.75, 3.05) is 35.2 Å². The maximum absolute atomic E-state index is 11.9. The normalized spacial score (nSPS) is 11.5. The van der Waals surface area contributed by atoms with E-state index in [0.29, 0.717) is 15.9 Å². The average molecular weight is 327 g/mol. The molecule has 0 aliphatic heterocycles. The van der Waals surface area contributed by atoms with Gasteiger partial charge in [-0.1, -0.05) is 18.2 Å². The van der Waals surface area contributed by atoms with Crippen molar-refractivity contribution in [2.24, 2.45) is 10.2 Å². The molecule has 0 unspecified atom stereocenters. The molecule has 0 bridgehead atoms. The Labute approximate surface area is 142 Å². The number of azo groups is 1. The van der Waals surface area contributed by atoms with Gasteiger partial charge in [0.2, 0.25) is 0 Å². The van der Waals surface area contributed by atoms with Gasteiger partial charge in [-0.3, -0.25) is 4.48 Å². The quantitative estimate of drug-likeness (QED) is 0.619. The molecule has 0 N–H and O–H groups in total. The largest absolute Gasteiger partial charge is 0.414 e. The zero-order valence-electron chi connectivity index (χ0n) is 14.7. The zero-order chi connectivity index (χ0) is 17.7. The van der Waals surface area contributed by atoms with Gasteiger partial charge < -0.3 is 9.64 Å². The van der Waals surface area contributed by atoms with Crippen LogP contribution in [0.1, 0.15) is 0 Å². The molecule has 0 heterocycles. The minimum absolute atomic E-state index is 0.388. The van der Waals surface area contributed by atoms with Crippen LogP contribution in [0, 0.1) is 0 Å². The van der Waals surface area contributed by atoms with Crippen molar-refractivity contribution in [3.63, 3.8) is 0 Å². The van der Waals surface area contributed by atoms with Crippen molar-refractivity contribution in [3.8, 4) is 5.75 Å². The number of amides is 1. The summed E-state index contributed by atoms with van der Waals surface area (Å²) in [5.41, 5.74) is 2.24. The second-order valence-corrected chi connectivity index (χ2v) is 6.46. The molecular formula is C18H23N4O2+. The Morgan fingerprint density at radius 1 is 1.00 bits per heavy atom. The van der Waals surface area contributed by atoms with Crippen molar-refractivity contribution in [3.05, 3.63) is 48.5 Å². The highest BCUT2D eigenvalue weighted by molar-refractivity contribution is 5.73. The molecule has 0 atom stereocenters. The fourth-order valence-corrected chi connectivity index (χ4v) is 1.88. The van der Waals surface area contributed by atoms with Crippen LogP contribution in [0.5, 0.6) is 5.75 Å². The van der Waals surface area contributed by atoms with Crippen LogP contribution in [0.4, 0.5) is 21.9 Å². The first-order valence-electron chi connectivity index (χ1n) is 7.59. The molecule has 126 valence electrons. The zero-order valence-corrected chi connectivity index (χ0v) is 14.7. The third-order valence-corrected chi connectivity index (χ3v) is 3.31. The summed E-state index contributed by atoms with van der Waals surface area (Å²) in [6.45, 7) is 0. The molecule has 0 radical (unpaired) electrons. The van der Waals surface area contributed by atoms with E-state index in [1.54, 1.807) is 14.1 Å². The molecule has 2 rings (SSSR count). The number of benzene rings is 2. The summed E-state index contributed by atoms with van der Waals surface area (Å²) in [7, 11) is 9.39. The number of quaternary nitrogens is 1. The van der Waals surface area contributed by atoms with Gasteiger partial charge in [0.25, 0.3) is 0 Å². The number of carbonyl (C=O) groups excluding carboxylic acids is 1. The van der Waals surface area contributed by atoms with Crippen LogP contribution in [-0.4, -0.2) is 46.2 Å². The number of carbonyl (C=O) groups is 1. The second-order valence-electron chi connectivity index (χ2n) is 6.46. The van der Waals surface area contributed by atoms with Gasteiger partial charge in [0.05, 0.1) is 26.8 Å². The topological polar surface area (TPSA) is 54.3 Å². The van der Waals surface area contributed by atoms with Crippen LogP contribution in [0.25, 0.3) is 0 Å². The first-order chi connectivity index (χ1) is 11.3. The van der Waals surface area contributed by atoms with Crippen LogP contribution in [0.2, 0.25) is 0 Å². The maximum Gasteiger partial charge on any atom is 0.414 e. The SMILES string of the molecule is CN(C)C(=O)Oc1cc([N+](C)(C)C)ccc1N=Nc1ccccc1. The predicted octanol–water partition coefficient (Wildman–Crippen LogP) is 4.36. The Bertz CT molecular complexity index is 734. The van der Waals surface area contributed by atoms with Gasteiger partial charge in [-0.15, -0.1) is 5.11 Å². The minimum atomic E-state index is -0.454. The summed E-state index contributed by atoms with van der Waals surface area (Å²) in [5, 5.41) is 8.43. The Kier molecular flexibility index (Phi) is 5.31. The third kappa shape index (κ3) is 4.63. The van der Waals surface area contributed by atoms with Gasteiger partial charge in [0, 0.05) is 26.2 Å². The molecule has 6 heteroatoms. The molecule has 0 saturated carbocycles. The van der Waals surface area contributed by atoms with Crippen molar-refractivity contribution < 1.29 is 9.53 Å². The van der Waals surface area contributed by atoms with Gasteiger partial charge in [-0.2, -0.15) is 5.11 Å². The van der Waals surface area contributed by atoms with E-state index in [0.717, 1.165) is 11.4 Å². The lowest BCUT2D eigenvalue weighted by Gasteiger charge is -2.24. The molecule has 0 fully saturated rings. The van der Waals surface area contributed by atoms with Crippen LogP contribution in [0.3, 0.4) is 0 Å². The van der Waals surface area contributed by atoms with Crippen LogP contribution < -0.4 is 9.22 Å². The lowest BCUT2D eigenvalue weighted by molar-refractivity contribution is 0.172. The lowest BCUT2D eigenvalue weighted by atomic mass is 10.2. The molecule has 24 heavy (non-hydrogen) atoms. The third-order valence-electron chi connectivity index (χ3n) is 3.31. The summed E-state index contributed by atoms with van der Waals surface area (Å²) >= 11 is 0. The number of hydrogen-bond donors (Lipinski definition) is 0. The lowest BCUT2D eigenvalue weighted by Crippen LogP contribution is -2.34. The summed E-state index contributed by atoms with van der Waals surface area (Å²) < 4.78 is 6.05. The Hall–Kier alpha value is -2.73. The number of hydrogen-bond acceptors (Lipinski definition) is 4. The van der Waals surface area contributed by atoms with Crippen molar-refractivity contribution in [1.82, 2.24) is 9.38 Å². The number of nitrogens with zero attached hydrogens (tertiary/aromatic N) is 4. The summed E-state index contributed by atoms with van der Waals surface area (Å²) in [6, 6.07) is 15.0. The fraction of sp³-hybridized carbons (Fsp3) is 0.278. The van der Waals surface area contributed by atoms with E-state index in [2.05, 4.69) is 10.2 Å². The van der Waals surface area contributed by atoms with Crippen molar-refractivity contribution >= 4 is 23.2 Å². The summed E-state index contributed by atoms with van der Waals surface area (Å²) in [5.74, 6) is 0.388. The monoisotopic (exact) mass is 327 g/mol. The van der Waals surface area contributed by atoms with Crippen LogP contribution >= 0.6 is 0 Å². The van der Waals surface area contributed by atoms with Crippen LogP contribution in [0.15, 0.2) is 58.8 Å². The van der Waals surface area contributed by atoms with Crippen LogP contribution in [-0.2, 0) is 0 Å². The van der Waals surface area contributed by atoms with E-state index in [1.807, 2.05) is 69.7 Å². The Balaban J connectivity index is 2.38. The Morgan fingerprint density at radius 2 is 1.67 bits per heavy atom. The molecule has 0 saturated heterocycles. The van der Waals surface area contributed by atoms with Crippen molar-refractivity contribution in [2.45, 2.75) is 0 Å². The first kappa shape index (κ1) is 17.6. The fourth-order valence-electron chi connectivity index (χ4n) is 1.88. The van der Waals surface area contributed by atoms with Gasteiger partial charge in [0.1, 0.15) is 11.4 Å². The highest BCUT2D eigenvalue weighted by Crippen LogP contribution is 2.34. The van der Waals surface area contributed by atoms with E-state index in [4.69, 9.17) is 4.74 Å². The molecule has 0 aliphatic carbocycles. The maximum atomic E-state index is 11.9. The predicted molar refractivity (Wildman–Crippen MR) is 96.3 cm³/mol. The second kappa shape index (κ2) is 7.23. The van der Waals surface area contributed by atoms with E-state index >= 15 is 0 Å². The molecule has 0 spiro atoms. The van der Waals surface area contributed by atoms with Gasteiger partial charge >= 0.3 is 6.09 Å². The van der Waals surface area contributed by atoms with Gasteiger partial charge in [-0.05, 0) is 18.2 Å². The van der Waals surface area contributed by atoms with Gasteiger partial charge in [0.15, 0.2) is 5.75 Å². The average Bonchev–Trinajstić information content (AvgIpc) is 2.53. The van der Waals surface area contributed by atoms with E-state index < -0.39 is 6.09 Å². The number of ether oxygens (including phenoxy) is 1. The molecule has 2 aromatic rings. The Morgan fingerprint density at radius 3 is 2.25 bits per heavy atom. The minimum Gasteiger partial charge on any atom is -0.408 e. The summed E-state index contributed by atoms with van der Waals surface area (Å²) in [6.07, 6.45) is -0.454. The molecule has 6 nitrogen and oxygen atoms in total. The first-order valence-corrected chi connectivity index (χ1v) is 7.59.